The van der Waals surface area contributed by atoms with E-state index in [1.165, 1.54) is 11.1 Å². The molecule has 0 nitrogen and oxygen atoms in total. The lowest BCUT2D eigenvalue weighted by atomic mass is 9.97. The zero-order chi connectivity index (χ0) is 14.9. The third-order valence-electron chi connectivity index (χ3n) is 3.65. The maximum Gasteiger partial charge on any atom is 0.129 e. The fourth-order valence-corrected chi connectivity index (χ4v) is 2.94. The summed E-state index contributed by atoms with van der Waals surface area (Å²) in [6.07, 6.45) is 0. The molecule has 0 spiro atoms. The van der Waals surface area contributed by atoms with E-state index in [1.54, 1.807) is 0 Å². The fourth-order valence-electron chi connectivity index (χ4n) is 2.37. The van der Waals surface area contributed by atoms with Crippen molar-refractivity contribution in [1.82, 2.24) is 0 Å². The van der Waals surface area contributed by atoms with Gasteiger partial charge < -0.3 is 0 Å². The summed E-state index contributed by atoms with van der Waals surface area (Å²) in [7, 11) is 0. The van der Waals surface area contributed by atoms with Crippen molar-refractivity contribution < 1.29 is 4.39 Å². The molecule has 0 amide bonds. The normalized spacial score (nSPS) is 12.8. The Balaban J connectivity index is 2.33. The minimum atomic E-state index is -0.108. The van der Waals surface area contributed by atoms with Crippen LogP contribution in [0.15, 0.2) is 36.4 Å². The minimum Gasteiger partial charge on any atom is -0.206 e. The summed E-state index contributed by atoms with van der Waals surface area (Å²) in [5, 5.41) is 0. The molecule has 0 aliphatic rings. The van der Waals surface area contributed by atoms with Gasteiger partial charge in [-0.1, -0.05) is 66.2 Å². The van der Waals surface area contributed by atoms with Crippen LogP contribution in [0.25, 0.3) is 0 Å². The van der Waals surface area contributed by atoms with Crippen LogP contribution >= 0.6 is 15.9 Å². The number of aryl methyl sites for hydroxylation is 2. The van der Waals surface area contributed by atoms with E-state index in [0.717, 1.165) is 5.56 Å². The van der Waals surface area contributed by atoms with Gasteiger partial charge in [0.2, 0.25) is 0 Å². The average molecular weight is 335 g/mol. The first kappa shape index (κ1) is 15.2. The zero-order valence-corrected chi connectivity index (χ0v) is 14.0. The van der Waals surface area contributed by atoms with Gasteiger partial charge in [0, 0.05) is 0 Å². The van der Waals surface area contributed by atoms with Crippen molar-refractivity contribution in [3.8, 4) is 0 Å². The molecule has 0 aliphatic heterocycles. The van der Waals surface area contributed by atoms with Gasteiger partial charge in [0.1, 0.15) is 5.82 Å². The molecule has 0 bridgehead atoms. The molecule has 0 N–H and O–H groups in total. The van der Waals surface area contributed by atoms with Gasteiger partial charge in [0.05, 0.1) is 4.83 Å². The highest BCUT2D eigenvalue weighted by atomic mass is 79.9. The van der Waals surface area contributed by atoms with Crippen LogP contribution < -0.4 is 0 Å². The molecular formula is C18H20BrF. The molecule has 0 radical (unpaired) electrons. The summed E-state index contributed by atoms with van der Waals surface area (Å²) in [5.41, 5.74) is 5.02. The molecule has 0 saturated heterocycles. The Morgan fingerprint density at radius 1 is 0.850 bits per heavy atom. The number of rotatable bonds is 3. The Hall–Kier alpha value is -1.15. The van der Waals surface area contributed by atoms with E-state index in [1.807, 2.05) is 26.0 Å². The van der Waals surface area contributed by atoms with Crippen LogP contribution in [-0.2, 0) is 0 Å². The van der Waals surface area contributed by atoms with Gasteiger partial charge in [-0.25, -0.2) is 4.39 Å². The Morgan fingerprint density at radius 3 is 1.75 bits per heavy atom. The van der Waals surface area contributed by atoms with E-state index in [9.17, 15) is 4.39 Å². The Kier molecular flexibility index (Phi) is 4.64. The lowest BCUT2D eigenvalue weighted by Gasteiger charge is -2.14. The van der Waals surface area contributed by atoms with Crippen molar-refractivity contribution in [2.45, 2.75) is 38.4 Å². The third-order valence-corrected chi connectivity index (χ3v) is 4.70. The molecule has 0 saturated carbocycles. The maximum atomic E-state index is 13.7. The first-order chi connectivity index (χ1) is 9.40. The second-order valence-corrected chi connectivity index (χ2v) is 6.57. The first-order valence-electron chi connectivity index (χ1n) is 6.90. The molecule has 0 aromatic heterocycles. The van der Waals surface area contributed by atoms with E-state index >= 15 is 0 Å². The predicted molar refractivity (Wildman–Crippen MR) is 87.2 cm³/mol. The second-order valence-electron chi connectivity index (χ2n) is 5.65. The third kappa shape index (κ3) is 3.12. The predicted octanol–water partition coefficient (Wildman–Crippen LogP) is 6.05. The van der Waals surface area contributed by atoms with Crippen LogP contribution in [0.3, 0.4) is 0 Å². The second kappa shape index (κ2) is 6.09. The Bertz CT molecular complexity index is 576. The van der Waals surface area contributed by atoms with E-state index in [0.29, 0.717) is 17.0 Å². The van der Waals surface area contributed by atoms with Crippen LogP contribution in [0, 0.1) is 19.7 Å². The smallest absolute Gasteiger partial charge is 0.129 e. The number of benzene rings is 2. The van der Waals surface area contributed by atoms with Gasteiger partial charge in [-0.2, -0.15) is 0 Å². The lowest BCUT2D eigenvalue weighted by Crippen LogP contribution is -1.98. The molecule has 2 heteroatoms. The summed E-state index contributed by atoms with van der Waals surface area (Å²) in [4.78, 5) is 0.0988. The number of alkyl halides is 1. The van der Waals surface area contributed by atoms with Gasteiger partial charge in [0.15, 0.2) is 0 Å². The molecule has 20 heavy (non-hydrogen) atoms. The monoisotopic (exact) mass is 334 g/mol. The number of hydrogen-bond acceptors (Lipinski definition) is 0. The molecule has 0 aliphatic carbocycles. The van der Waals surface area contributed by atoms with Crippen LogP contribution in [0.5, 0.6) is 0 Å². The molecule has 1 unspecified atom stereocenters. The Morgan fingerprint density at radius 2 is 1.30 bits per heavy atom. The molecular weight excluding hydrogens is 315 g/mol. The fraction of sp³-hybridized carbons (Fsp3) is 0.333. The molecule has 0 heterocycles. The van der Waals surface area contributed by atoms with Gasteiger partial charge in [-0.15, -0.1) is 0 Å². The van der Waals surface area contributed by atoms with Crippen molar-refractivity contribution in [2.75, 3.05) is 0 Å². The van der Waals surface area contributed by atoms with Crippen molar-refractivity contribution in [3.63, 3.8) is 0 Å². The highest BCUT2D eigenvalue weighted by Gasteiger charge is 2.13. The van der Waals surface area contributed by atoms with Crippen molar-refractivity contribution >= 4 is 15.9 Å². The summed E-state index contributed by atoms with van der Waals surface area (Å²) in [6, 6.07) is 12.4. The maximum absolute atomic E-state index is 13.7. The van der Waals surface area contributed by atoms with E-state index in [-0.39, 0.29) is 10.6 Å². The van der Waals surface area contributed by atoms with Crippen LogP contribution in [0.4, 0.5) is 4.39 Å². The lowest BCUT2D eigenvalue weighted by molar-refractivity contribution is 0.608. The van der Waals surface area contributed by atoms with Crippen LogP contribution in [0.2, 0.25) is 0 Å². The highest BCUT2D eigenvalue weighted by Crippen LogP contribution is 2.33. The van der Waals surface area contributed by atoms with E-state index in [4.69, 9.17) is 0 Å². The molecule has 0 fully saturated rings. The Labute approximate surface area is 129 Å². The quantitative estimate of drug-likeness (QED) is 0.599. The van der Waals surface area contributed by atoms with Gasteiger partial charge in [-0.05, 0) is 47.6 Å². The summed E-state index contributed by atoms with van der Waals surface area (Å²) in [5.74, 6) is 0.428. The molecule has 2 rings (SSSR count). The minimum absolute atomic E-state index is 0.0988. The first-order valence-corrected chi connectivity index (χ1v) is 7.82. The zero-order valence-electron chi connectivity index (χ0n) is 12.4. The molecule has 2 aromatic rings. The van der Waals surface area contributed by atoms with Gasteiger partial charge in [0.25, 0.3) is 0 Å². The largest absolute Gasteiger partial charge is 0.206 e. The molecule has 2 aromatic carbocycles. The SMILES string of the molecule is Cc1cc(C(Br)c2ccc(C(C)C)cc2)cc(C)c1F. The van der Waals surface area contributed by atoms with Crippen LogP contribution in [-0.4, -0.2) is 0 Å². The molecule has 106 valence electrons. The van der Waals surface area contributed by atoms with E-state index in [2.05, 4.69) is 54.0 Å². The van der Waals surface area contributed by atoms with Crippen molar-refractivity contribution in [1.29, 1.82) is 0 Å². The summed E-state index contributed by atoms with van der Waals surface area (Å²) < 4.78 is 13.7. The van der Waals surface area contributed by atoms with Crippen LogP contribution in [0.1, 0.15) is 52.4 Å². The summed E-state index contributed by atoms with van der Waals surface area (Å²) >= 11 is 3.73. The number of halogens is 2. The average Bonchev–Trinajstić information content (AvgIpc) is 2.43. The van der Waals surface area contributed by atoms with Crippen molar-refractivity contribution in [3.05, 3.63) is 70.0 Å². The summed E-state index contributed by atoms with van der Waals surface area (Å²) in [6.45, 7) is 8.00. The van der Waals surface area contributed by atoms with Gasteiger partial charge in [-0.3, -0.25) is 0 Å². The van der Waals surface area contributed by atoms with Crippen molar-refractivity contribution in [2.24, 2.45) is 0 Å². The number of hydrogen-bond donors (Lipinski definition) is 0. The standard InChI is InChI=1S/C18H20BrF/c1-11(2)14-5-7-15(8-6-14)17(19)16-9-12(3)18(20)13(4)10-16/h5-11,17H,1-4H3. The topological polar surface area (TPSA) is 0 Å². The van der Waals surface area contributed by atoms with E-state index < -0.39 is 0 Å². The highest BCUT2D eigenvalue weighted by molar-refractivity contribution is 9.09. The molecule has 1 atom stereocenters. The van der Waals surface area contributed by atoms with Gasteiger partial charge >= 0.3 is 0 Å².